The van der Waals surface area contributed by atoms with Gasteiger partial charge in [0.2, 0.25) is 15.9 Å². The minimum Gasteiger partial charge on any atom is -0.497 e. The van der Waals surface area contributed by atoms with E-state index in [0.717, 1.165) is 0 Å². The number of nitrogens with one attached hydrogen (secondary N) is 2. The molecule has 7 nitrogen and oxygen atoms in total. The van der Waals surface area contributed by atoms with E-state index in [1.54, 1.807) is 0 Å². The molecular weight excluding hydrogens is 258 g/mol. The minimum atomic E-state index is -3.81. The van der Waals surface area contributed by atoms with Gasteiger partial charge in [-0.15, -0.1) is 0 Å². The van der Waals surface area contributed by atoms with E-state index in [4.69, 9.17) is 10.5 Å². The van der Waals surface area contributed by atoms with Gasteiger partial charge < -0.3 is 15.8 Å². The number of ether oxygens (including phenoxy) is 1. The quantitative estimate of drug-likeness (QED) is 0.614. The van der Waals surface area contributed by atoms with E-state index in [1.807, 2.05) is 0 Å². The molecule has 1 aromatic carbocycles. The van der Waals surface area contributed by atoms with Crippen LogP contribution in [0.5, 0.6) is 5.75 Å². The third kappa shape index (κ3) is 3.34. The van der Waals surface area contributed by atoms with Gasteiger partial charge in [-0.3, -0.25) is 4.79 Å². The largest absolute Gasteiger partial charge is 0.497 e. The maximum atomic E-state index is 11.9. The van der Waals surface area contributed by atoms with Gasteiger partial charge in [-0.05, 0) is 12.1 Å². The van der Waals surface area contributed by atoms with Crippen molar-refractivity contribution in [2.24, 2.45) is 0 Å². The number of rotatable bonds is 5. The van der Waals surface area contributed by atoms with Crippen LogP contribution in [0.3, 0.4) is 0 Å². The molecule has 4 N–H and O–H groups in total. The predicted octanol–water partition coefficient (Wildman–Crippen LogP) is -0.698. The van der Waals surface area contributed by atoms with Gasteiger partial charge in [-0.2, -0.15) is 0 Å². The van der Waals surface area contributed by atoms with E-state index < -0.39 is 15.9 Å². The zero-order valence-electron chi connectivity index (χ0n) is 10.1. The van der Waals surface area contributed by atoms with Crippen molar-refractivity contribution in [2.75, 3.05) is 26.4 Å². The third-order valence-corrected chi connectivity index (χ3v) is 3.68. The molecule has 1 aromatic rings. The highest BCUT2D eigenvalue weighted by atomic mass is 32.2. The first-order chi connectivity index (χ1) is 8.40. The Balaban J connectivity index is 2.95. The summed E-state index contributed by atoms with van der Waals surface area (Å²) >= 11 is 0. The lowest BCUT2D eigenvalue weighted by molar-refractivity contribution is -0.119. The molecule has 0 aliphatic heterocycles. The summed E-state index contributed by atoms with van der Waals surface area (Å²) in [6.07, 6.45) is 0. The normalized spacial score (nSPS) is 11.0. The lowest BCUT2D eigenvalue weighted by atomic mass is 10.3. The molecule has 8 heteroatoms. The molecule has 0 spiro atoms. The Morgan fingerprint density at radius 1 is 1.44 bits per heavy atom. The fourth-order valence-electron chi connectivity index (χ4n) is 1.22. The number of hydrogen-bond donors (Lipinski definition) is 3. The molecule has 18 heavy (non-hydrogen) atoms. The lowest BCUT2D eigenvalue weighted by Crippen LogP contribution is -2.35. The molecule has 0 unspecified atom stereocenters. The molecule has 0 radical (unpaired) electrons. The van der Waals surface area contributed by atoms with Gasteiger partial charge in [0, 0.05) is 13.1 Å². The summed E-state index contributed by atoms with van der Waals surface area (Å²) in [6, 6.07) is 4.19. The molecule has 0 bridgehead atoms. The van der Waals surface area contributed by atoms with Crippen LogP contribution in [-0.2, 0) is 14.8 Å². The number of carbonyl (C=O) groups excluding carboxylic acids is 1. The van der Waals surface area contributed by atoms with Crippen LogP contribution >= 0.6 is 0 Å². The molecule has 0 heterocycles. The van der Waals surface area contributed by atoms with E-state index in [2.05, 4.69) is 10.0 Å². The van der Waals surface area contributed by atoms with Gasteiger partial charge in [-0.25, -0.2) is 13.1 Å². The fraction of sp³-hybridized carbons (Fsp3) is 0.300. The van der Waals surface area contributed by atoms with Crippen LogP contribution in [-0.4, -0.2) is 35.0 Å². The van der Waals surface area contributed by atoms with Crippen molar-refractivity contribution in [3.05, 3.63) is 18.2 Å². The Hall–Kier alpha value is -1.80. The second kappa shape index (κ2) is 5.69. The van der Waals surface area contributed by atoms with E-state index >= 15 is 0 Å². The van der Waals surface area contributed by atoms with Crippen molar-refractivity contribution < 1.29 is 17.9 Å². The zero-order chi connectivity index (χ0) is 13.8. The van der Waals surface area contributed by atoms with E-state index in [1.165, 1.54) is 32.4 Å². The van der Waals surface area contributed by atoms with Gasteiger partial charge in [0.1, 0.15) is 10.6 Å². The molecule has 1 amide bonds. The van der Waals surface area contributed by atoms with E-state index in [0.29, 0.717) is 5.75 Å². The topological polar surface area (TPSA) is 111 Å². The van der Waals surface area contributed by atoms with Gasteiger partial charge in [0.05, 0.1) is 19.3 Å². The second-order valence-electron chi connectivity index (χ2n) is 3.40. The van der Waals surface area contributed by atoms with Crippen LogP contribution in [0, 0.1) is 0 Å². The Bertz CT molecular complexity index is 542. The number of methoxy groups -OCH3 is 1. The molecule has 0 fully saturated rings. The molecule has 0 saturated heterocycles. The Kier molecular flexibility index (Phi) is 4.51. The summed E-state index contributed by atoms with van der Waals surface area (Å²) < 4.78 is 30.8. The summed E-state index contributed by atoms with van der Waals surface area (Å²) in [5, 5.41) is 2.30. The Morgan fingerprint density at radius 3 is 2.61 bits per heavy atom. The predicted molar refractivity (Wildman–Crippen MR) is 66.7 cm³/mol. The smallest absolute Gasteiger partial charge is 0.243 e. The molecule has 1 rings (SSSR count). The first-order valence-corrected chi connectivity index (χ1v) is 6.53. The Labute approximate surface area is 105 Å². The van der Waals surface area contributed by atoms with Crippen LogP contribution in [0.15, 0.2) is 23.1 Å². The van der Waals surface area contributed by atoms with Gasteiger partial charge in [-0.1, -0.05) is 0 Å². The lowest BCUT2D eigenvalue weighted by Gasteiger charge is -2.09. The monoisotopic (exact) mass is 273 g/mol. The van der Waals surface area contributed by atoms with E-state index in [-0.39, 0.29) is 17.1 Å². The SMILES string of the molecule is CNC(=O)CNS(=O)(=O)c1ccc(OC)cc1N. The number of likely N-dealkylation sites (N-methyl/N-ethyl adjacent to an activating group) is 1. The maximum absolute atomic E-state index is 11.9. The van der Waals surface area contributed by atoms with Crippen molar-refractivity contribution in [1.82, 2.24) is 10.0 Å². The molecule has 100 valence electrons. The number of nitrogen functional groups attached to an aromatic ring is 1. The van der Waals surface area contributed by atoms with Crippen molar-refractivity contribution >= 4 is 21.6 Å². The molecule has 0 saturated carbocycles. The number of hydrogen-bond acceptors (Lipinski definition) is 5. The number of carbonyl (C=O) groups is 1. The number of amides is 1. The molecule has 0 aliphatic rings. The highest BCUT2D eigenvalue weighted by Gasteiger charge is 2.18. The van der Waals surface area contributed by atoms with Gasteiger partial charge >= 0.3 is 0 Å². The first kappa shape index (κ1) is 14.3. The number of benzene rings is 1. The standard InChI is InChI=1S/C10H15N3O4S/c1-12-10(14)6-13-18(15,16)9-4-3-7(17-2)5-8(9)11/h3-5,13H,6,11H2,1-2H3,(H,12,14). The molecule has 0 atom stereocenters. The summed E-state index contributed by atoms with van der Waals surface area (Å²) in [7, 11) is -0.946. The number of nitrogens with two attached hydrogens (primary N) is 1. The summed E-state index contributed by atoms with van der Waals surface area (Å²) in [6.45, 7) is -0.343. The first-order valence-electron chi connectivity index (χ1n) is 5.04. The summed E-state index contributed by atoms with van der Waals surface area (Å²) in [4.78, 5) is 10.9. The van der Waals surface area contributed by atoms with Crippen molar-refractivity contribution in [2.45, 2.75) is 4.90 Å². The molecular formula is C10H15N3O4S. The highest BCUT2D eigenvalue weighted by Crippen LogP contribution is 2.23. The molecule has 0 aromatic heterocycles. The van der Waals surface area contributed by atoms with Crippen LogP contribution in [0.2, 0.25) is 0 Å². The van der Waals surface area contributed by atoms with Gasteiger partial charge in [0.15, 0.2) is 0 Å². The van der Waals surface area contributed by atoms with Gasteiger partial charge in [0.25, 0.3) is 0 Å². The summed E-state index contributed by atoms with van der Waals surface area (Å²) in [5.74, 6) is 0.0170. The van der Waals surface area contributed by atoms with E-state index in [9.17, 15) is 13.2 Å². The summed E-state index contributed by atoms with van der Waals surface area (Å²) in [5.41, 5.74) is 5.68. The van der Waals surface area contributed by atoms with Crippen molar-refractivity contribution in [3.63, 3.8) is 0 Å². The highest BCUT2D eigenvalue weighted by molar-refractivity contribution is 7.89. The average Bonchev–Trinajstić information content (AvgIpc) is 2.35. The zero-order valence-corrected chi connectivity index (χ0v) is 10.9. The third-order valence-electron chi connectivity index (χ3n) is 2.21. The Morgan fingerprint density at radius 2 is 2.11 bits per heavy atom. The second-order valence-corrected chi connectivity index (χ2v) is 5.14. The molecule has 0 aliphatic carbocycles. The van der Waals surface area contributed by atoms with Crippen LogP contribution in [0.1, 0.15) is 0 Å². The van der Waals surface area contributed by atoms with Crippen LogP contribution in [0.4, 0.5) is 5.69 Å². The minimum absolute atomic E-state index is 0.0544. The maximum Gasteiger partial charge on any atom is 0.243 e. The van der Waals surface area contributed by atoms with Crippen molar-refractivity contribution in [3.8, 4) is 5.75 Å². The van der Waals surface area contributed by atoms with Crippen LogP contribution in [0.25, 0.3) is 0 Å². The number of sulfonamides is 1. The average molecular weight is 273 g/mol. The van der Waals surface area contributed by atoms with Crippen molar-refractivity contribution in [1.29, 1.82) is 0 Å². The van der Waals surface area contributed by atoms with Crippen LogP contribution < -0.4 is 20.5 Å². The number of anilines is 1. The fourth-order valence-corrected chi connectivity index (χ4v) is 2.32.